The Morgan fingerprint density at radius 1 is 0.857 bits per heavy atom. The van der Waals surface area contributed by atoms with Crippen molar-refractivity contribution in [1.29, 1.82) is 0 Å². The summed E-state index contributed by atoms with van der Waals surface area (Å²) in [5.74, 6) is -0.184. The molecule has 7 unspecified atom stereocenters. The molecular weight excluding hydrogens is 454 g/mol. The van der Waals surface area contributed by atoms with Crippen LogP contribution in [-0.2, 0) is 14.3 Å². The van der Waals surface area contributed by atoms with Crippen LogP contribution < -0.4 is 5.32 Å². The van der Waals surface area contributed by atoms with Crippen LogP contribution in [0.4, 0.5) is 0 Å². The lowest BCUT2D eigenvalue weighted by Crippen LogP contribution is -2.60. The highest BCUT2D eigenvalue weighted by molar-refractivity contribution is 5.76. The van der Waals surface area contributed by atoms with Gasteiger partial charge >= 0.3 is 0 Å². The molecule has 7 atom stereocenters. The molecule has 35 heavy (non-hydrogen) atoms. The molecule has 0 aromatic heterocycles. The average molecular weight is 506 g/mol. The number of amides is 1. The van der Waals surface area contributed by atoms with Crippen LogP contribution in [0.25, 0.3) is 0 Å². The molecule has 0 saturated carbocycles. The number of nitrogens with one attached hydrogen (secondary N) is 1. The molecule has 0 aliphatic carbocycles. The second kappa shape index (κ2) is 19.3. The zero-order valence-corrected chi connectivity index (χ0v) is 21.8. The molecule has 1 heterocycles. The van der Waals surface area contributed by atoms with E-state index in [9.17, 15) is 30.3 Å². The van der Waals surface area contributed by atoms with Gasteiger partial charge in [0.1, 0.15) is 24.4 Å². The fraction of sp³-hybridized carbons (Fsp3) is 0.962. The van der Waals surface area contributed by atoms with Gasteiger partial charge in [-0.15, -0.1) is 0 Å². The van der Waals surface area contributed by atoms with Crippen molar-refractivity contribution in [3.63, 3.8) is 0 Å². The lowest BCUT2D eigenvalue weighted by Gasteiger charge is -2.40. The standard InChI is InChI=1S/C26H51NO8/c1-3-5-7-8-9-10-11-12-13-14-15-20(29)19(27-22(30)16-6-4-2)18-34-26-25(33)24(32)23(31)21(17-28)35-26/h19-21,23-26,28-29,31-33H,3-18H2,1-2H3,(H,27,30). The van der Waals surface area contributed by atoms with Crippen molar-refractivity contribution < 1.29 is 39.8 Å². The second-order valence-corrected chi connectivity index (χ2v) is 9.85. The zero-order chi connectivity index (χ0) is 26.1. The highest BCUT2D eigenvalue weighted by atomic mass is 16.7. The molecule has 6 N–H and O–H groups in total. The number of carbonyl (C=O) groups is 1. The minimum atomic E-state index is -1.54. The molecule has 0 aromatic carbocycles. The SMILES string of the molecule is CCCCCCCCCCCCC(O)C(COC1OC(CO)C(O)C(O)C1O)NC(=O)CCCC. The van der Waals surface area contributed by atoms with Crippen LogP contribution in [0.5, 0.6) is 0 Å². The van der Waals surface area contributed by atoms with Gasteiger partial charge in [0.25, 0.3) is 0 Å². The number of aliphatic hydroxyl groups is 5. The number of unbranched alkanes of at least 4 members (excludes halogenated alkanes) is 10. The van der Waals surface area contributed by atoms with E-state index < -0.39 is 49.5 Å². The van der Waals surface area contributed by atoms with Crippen LogP contribution >= 0.6 is 0 Å². The largest absolute Gasteiger partial charge is 0.394 e. The fourth-order valence-electron chi connectivity index (χ4n) is 4.31. The van der Waals surface area contributed by atoms with Crippen LogP contribution in [0.2, 0.25) is 0 Å². The summed E-state index contributed by atoms with van der Waals surface area (Å²) in [6.45, 7) is 3.52. The van der Waals surface area contributed by atoms with E-state index in [1.54, 1.807) is 0 Å². The number of carbonyl (C=O) groups excluding carboxylic acids is 1. The maximum atomic E-state index is 12.3. The maximum Gasteiger partial charge on any atom is 0.220 e. The minimum absolute atomic E-state index is 0.139. The third-order valence-electron chi connectivity index (χ3n) is 6.71. The van der Waals surface area contributed by atoms with Gasteiger partial charge in [0.05, 0.1) is 25.4 Å². The summed E-state index contributed by atoms with van der Waals surface area (Å²) in [7, 11) is 0. The Kier molecular flexibility index (Phi) is 17.8. The van der Waals surface area contributed by atoms with E-state index in [1.165, 1.54) is 44.9 Å². The van der Waals surface area contributed by atoms with E-state index >= 15 is 0 Å². The molecule has 0 aromatic rings. The van der Waals surface area contributed by atoms with Crippen molar-refractivity contribution in [2.75, 3.05) is 13.2 Å². The number of rotatable bonds is 20. The number of ether oxygens (including phenoxy) is 2. The molecule has 0 spiro atoms. The third kappa shape index (κ3) is 12.8. The Morgan fingerprint density at radius 3 is 2.00 bits per heavy atom. The first kappa shape index (κ1) is 32.2. The zero-order valence-electron chi connectivity index (χ0n) is 21.8. The van der Waals surface area contributed by atoms with E-state index in [0.29, 0.717) is 12.8 Å². The summed E-state index contributed by atoms with van der Waals surface area (Å²) in [5, 5.41) is 53.0. The van der Waals surface area contributed by atoms with Crippen molar-refractivity contribution in [1.82, 2.24) is 5.32 Å². The molecule has 0 radical (unpaired) electrons. The number of aliphatic hydroxyl groups excluding tert-OH is 5. The minimum Gasteiger partial charge on any atom is -0.394 e. The first-order valence-electron chi connectivity index (χ1n) is 13.7. The van der Waals surface area contributed by atoms with Crippen molar-refractivity contribution in [3.05, 3.63) is 0 Å². The van der Waals surface area contributed by atoms with Gasteiger partial charge in [-0.3, -0.25) is 4.79 Å². The van der Waals surface area contributed by atoms with E-state index in [-0.39, 0.29) is 12.5 Å². The Morgan fingerprint density at radius 2 is 1.43 bits per heavy atom. The predicted octanol–water partition coefficient (Wildman–Crippen LogP) is 2.15. The lowest BCUT2D eigenvalue weighted by atomic mass is 9.99. The normalized spacial score (nSPS) is 26.4. The van der Waals surface area contributed by atoms with E-state index in [4.69, 9.17) is 9.47 Å². The van der Waals surface area contributed by atoms with Gasteiger partial charge in [0.15, 0.2) is 6.29 Å². The summed E-state index contributed by atoms with van der Waals surface area (Å²) >= 11 is 0. The van der Waals surface area contributed by atoms with E-state index in [2.05, 4.69) is 12.2 Å². The van der Waals surface area contributed by atoms with Gasteiger partial charge in [-0.25, -0.2) is 0 Å². The van der Waals surface area contributed by atoms with Crippen LogP contribution in [-0.4, -0.2) is 87.5 Å². The van der Waals surface area contributed by atoms with Crippen molar-refractivity contribution >= 4 is 5.91 Å². The third-order valence-corrected chi connectivity index (χ3v) is 6.71. The molecule has 1 fully saturated rings. The lowest BCUT2D eigenvalue weighted by molar-refractivity contribution is -0.302. The van der Waals surface area contributed by atoms with Crippen molar-refractivity contribution in [2.45, 2.75) is 147 Å². The van der Waals surface area contributed by atoms with Gasteiger partial charge in [-0.05, 0) is 12.8 Å². The topological polar surface area (TPSA) is 149 Å². The molecule has 9 nitrogen and oxygen atoms in total. The molecule has 1 aliphatic rings. The maximum absolute atomic E-state index is 12.3. The van der Waals surface area contributed by atoms with Crippen LogP contribution in [0, 0.1) is 0 Å². The van der Waals surface area contributed by atoms with E-state index in [0.717, 1.165) is 32.1 Å². The molecule has 0 bridgehead atoms. The summed E-state index contributed by atoms with van der Waals surface area (Å²) in [5.41, 5.74) is 0. The first-order valence-corrected chi connectivity index (χ1v) is 13.7. The first-order chi connectivity index (χ1) is 16.8. The van der Waals surface area contributed by atoms with E-state index in [1.807, 2.05) is 6.92 Å². The van der Waals surface area contributed by atoms with Crippen LogP contribution in [0.3, 0.4) is 0 Å². The fourth-order valence-corrected chi connectivity index (χ4v) is 4.31. The molecule has 208 valence electrons. The van der Waals surface area contributed by atoms with Gasteiger partial charge in [-0.2, -0.15) is 0 Å². The highest BCUT2D eigenvalue weighted by Gasteiger charge is 2.44. The molecule has 1 aliphatic heterocycles. The molecule has 1 amide bonds. The van der Waals surface area contributed by atoms with Crippen LogP contribution in [0.15, 0.2) is 0 Å². The summed E-state index contributed by atoms with van der Waals surface area (Å²) in [4.78, 5) is 12.3. The highest BCUT2D eigenvalue weighted by Crippen LogP contribution is 2.22. The number of hydrogen-bond donors (Lipinski definition) is 6. The smallest absolute Gasteiger partial charge is 0.220 e. The summed E-state index contributed by atoms with van der Waals surface area (Å²) in [6, 6.07) is -0.703. The number of hydrogen-bond acceptors (Lipinski definition) is 8. The summed E-state index contributed by atoms with van der Waals surface area (Å²) < 4.78 is 11.0. The van der Waals surface area contributed by atoms with Gasteiger partial charge in [0, 0.05) is 6.42 Å². The van der Waals surface area contributed by atoms with Gasteiger partial charge < -0.3 is 40.3 Å². The quantitative estimate of drug-likeness (QED) is 0.138. The predicted molar refractivity (Wildman–Crippen MR) is 134 cm³/mol. The van der Waals surface area contributed by atoms with Crippen LogP contribution in [0.1, 0.15) is 104 Å². The Bertz CT molecular complexity index is 535. The van der Waals surface area contributed by atoms with Gasteiger partial charge in [0.2, 0.25) is 5.91 Å². The summed E-state index contributed by atoms with van der Waals surface area (Å²) in [6.07, 6.45) is 6.60. The van der Waals surface area contributed by atoms with Gasteiger partial charge in [-0.1, -0.05) is 84.5 Å². The second-order valence-electron chi connectivity index (χ2n) is 9.85. The molecule has 1 saturated heterocycles. The Balaban J connectivity index is 2.48. The monoisotopic (exact) mass is 505 g/mol. The van der Waals surface area contributed by atoms with Crippen molar-refractivity contribution in [3.8, 4) is 0 Å². The molecule has 1 rings (SSSR count). The average Bonchev–Trinajstić information content (AvgIpc) is 2.85. The Labute approximate surface area is 211 Å². The molecule has 9 heteroatoms. The van der Waals surface area contributed by atoms with Crippen molar-refractivity contribution in [2.24, 2.45) is 0 Å². The molecular formula is C26H51NO8. The Hall–Kier alpha value is -0.810.